The van der Waals surface area contributed by atoms with Crippen LogP contribution in [0, 0.1) is 0 Å². The molecule has 0 aliphatic heterocycles. The molecule has 0 radical (unpaired) electrons. The van der Waals surface area contributed by atoms with Gasteiger partial charge in [-0.05, 0) is 5.56 Å². The molecule has 16 heavy (non-hydrogen) atoms. The second-order valence-electron chi connectivity index (χ2n) is 3.42. The molecule has 80 valence electrons. The lowest BCUT2D eigenvalue weighted by atomic mass is 10.2. The first-order valence-corrected chi connectivity index (χ1v) is 4.90. The van der Waals surface area contributed by atoms with Crippen molar-refractivity contribution in [3.63, 3.8) is 0 Å². The summed E-state index contributed by atoms with van der Waals surface area (Å²) in [6.45, 7) is 0. The number of hydrogen-bond acceptors (Lipinski definition) is 3. The molecular weight excluding hydrogens is 202 g/mol. The molecule has 0 bridgehead atoms. The van der Waals surface area contributed by atoms with Crippen molar-refractivity contribution in [2.24, 2.45) is 5.73 Å². The highest BCUT2D eigenvalue weighted by Crippen LogP contribution is 2.13. The fraction of sp³-hybridized carbons (Fsp3) is 0.0833. The average molecular weight is 213 g/mol. The minimum absolute atomic E-state index is 0.176. The second kappa shape index (κ2) is 4.53. The van der Waals surface area contributed by atoms with Crippen molar-refractivity contribution in [1.82, 2.24) is 9.97 Å². The number of amides is 1. The number of nitrogens with zero attached hydrogens (tertiary/aromatic N) is 2. The molecule has 0 atom stereocenters. The summed E-state index contributed by atoms with van der Waals surface area (Å²) in [7, 11) is 0. The van der Waals surface area contributed by atoms with E-state index in [1.165, 1.54) is 0 Å². The van der Waals surface area contributed by atoms with E-state index in [2.05, 4.69) is 9.97 Å². The Bertz CT molecular complexity index is 479. The summed E-state index contributed by atoms with van der Waals surface area (Å²) >= 11 is 0. The maximum absolute atomic E-state index is 10.7. The van der Waals surface area contributed by atoms with Crippen molar-refractivity contribution in [1.29, 1.82) is 0 Å². The van der Waals surface area contributed by atoms with Gasteiger partial charge in [-0.1, -0.05) is 30.3 Å². The Morgan fingerprint density at radius 2 is 1.75 bits per heavy atom. The molecule has 1 aromatic heterocycles. The highest BCUT2D eigenvalue weighted by Gasteiger charge is 2.02. The second-order valence-corrected chi connectivity index (χ2v) is 3.42. The van der Waals surface area contributed by atoms with Crippen LogP contribution in [0.3, 0.4) is 0 Å². The van der Waals surface area contributed by atoms with Crippen molar-refractivity contribution < 1.29 is 4.79 Å². The quantitative estimate of drug-likeness (QED) is 0.832. The fourth-order valence-corrected chi connectivity index (χ4v) is 1.38. The Morgan fingerprint density at radius 1 is 1.12 bits per heavy atom. The number of rotatable bonds is 3. The van der Waals surface area contributed by atoms with E-state index >= 15 is 0 Å². The molecule has 2 N–H and O–H groups in total. The van der Waals surface area contributed by atoms with Crippen LogP contribution in [0.5, 0.6) is 0 Å². The van der Waals surface area contributed by atoms with Crippen molar-refractivity contribution in [2.45, 2.75) is 6.42 Å². The largest absolute Gasteiger partial charge is 0.369 e. The van der Waals surface area contributed by atoms with Gasteiger partial charge in [0.1, 0.15) is 0 Å². The zero-order valence-corrected chi connectivity index (χ0v) is 8.63. The average Bonchev–Trinajstić information content (AvgIpc) is 2.30. The first-order valence-electron chi connectivity index (χ1n) is 4.90. The molecule has 0 fully saturated rings. The fourth-order valence-electron chi connectivity index (χ4n) is 1.38. The Balaban J connectivity index is 2.23. The van der Waals surface area contributed by atoms with E-state index in [0.29, 0.717) is 5.82 Å². The number of primary amides is 1. The summed E-state index contributed by atoms with van der Waals surface area (Å²) in [6.07, 6.45) is 3.43. The Labute approximate surface area is 93.2 Å². The maximum Gasteiger partial charge on any atom is 0.221 e. The van der Waals surface area contributed by atoms with Crippen LogP contribution in [0.2, 0.25) is 0 Å². The molecule has 0 saturated carbocycles. The van der Waals surface area contributed by atoms with Crippen LogP contribution in [0.15, 0.2) is 42.7 Å². The third-order valence-corrected chi connectivity index (χ3v) is 2.12. The van der Waals surface area contributed by atoms with Crippen LogP contribution in [-0.2, 0) is 11.2 Å². The monoisotopic (exact) mass is 213 g/mol. The van der Waals surface area contributed by atoms with Gasteiger partial charge in [0, 0.05) is 18.0 Å². The molecule has 0 aliphatic rings. The smallest absolute Gasteiger partial charge is 0.221 e. The summed E-state index contributed by atoms with van der Waals surface area (Å²) in [5, 5.41) is 0. The normalized spacial score (nSPS) is 10.0. The van der Waals surface area contributed by atoms with Crippen LogP contribution in [0.1, 0.15) is 5.56 Å². The van der Waals surface area contributed by atoms with Crippen LogP contribution >= 0.6 is 0 Å². The van der Waals surface area contributed by atoms with Crippen LogP contribution in [0.4, 0.5) is 0 Å². The number of carbonyl (C=O) groups excluding carboxylic acids is 1. The van der Waals surface area contributed by atoms with E-state index < -0.39 is 0 Å². The molecule has 4 nitrogen and oxygen atoms in total. The minimum Gasteiger partial charge on any atom is -0.369 e. The number of aromatic nitrogens is 2. The molecule has 1 aromatic carbocycles. The summed E-state index contributed by atoms with van der Waals surface area (Å²) in [5.74, 6) is 0.268. The minimum atomic E-state index is -0.379. The van der Waals surface area contributed by atoms with E-state index in [1.54, 1.807) is 12.4 Å². The van der Waals surface area contributed by atoms with Crippen molar-refractivity contribution in [2.75, 3.05) is 0 Å². The number of carbonyl (C=O) groups is 1. The summed E-state index contributed by atoms with van der Waals surface area (Å²) in [6, 6.07) is 9.66. The van der Waals surface area contributed by atoms with Gasteiger partial charge in [0.05, 0.1) is 6.42 Å². The van der Waals surface area contributed by atoms with Crippen molar-refractivity contribution in [3.8, 4) is 11.4 Å². The molecule has 1 heterocycles. The first kappa shape index (κ1) is 10.3. The Morgan fingerprint density at radius 3 is 2.31 bits per heavy atom. The summed E-state index contributed by atoms with van der Waals surface area (Å²) < 4.78 is 0. The summed E-state index contributed by atoms with van der Waals surface area (Å²) in [5.41, 5.74) is 6.76. The lowest BCUT2D eigenvalue weighted by Gasteiger charge is -2.00. The van der Waals surface area contributed by atoms with E-state index in [4.69, 9.17) is 5.73 Å². The summed E-state index contributed by atoms with van der Waals surface area (Å²) in [4.78, 5) is 19.1. The number of benzene rings is 1. The van der Waals surface area contributed by atoms with Gasteiger partial charge in [-0.3, -0.25) is 4.79 Å². The third-order valence-electron chi connectivity index (χ3n) is 2.12. The molecule has 0 spiro atoms. The topological polar surface area (TPSA) is 68.9 Å². The Hall–Kier alpha value is -2.23. The molecule has 2 aromatic rings. The van der Waals surface area contributed by atoms with Gasteiger partial charge in [-0.2, -0.15) is 0 Å². The van der Waals surface area contributed by atoms with Gasteiger partial charge in [0.2, 0.25) is 5.91 Å². The zero-order valence-electron chi connectivity index (χ0n) is 8.63. The molecule has 4 heteroatoms. The van der Waals surface area contributed by atoms with E-state index in [1.807, 2.05) is 30.3 Å². The molecule has 2 rings (SSSR count). The molecule has 0 aliphatic carbocycles. The predicted octanol–water partition coefficient (Wildman–Crippen LogP) is 1.17. The van der Waals surface area contributed by atoms with Crippen LogP contribution in [0.25, 0.3) is 11.4 Å². The maximum atomic E-state index is 10.7. The highest BCUT2D eigenvalue weighted by atomic mass is 16.1. The zero-order chi connectivity index (χ0) is 11.4. The van der Waals surface area contributed by atoms with Gasteiger partial charge in [-0.15, -0.1) is 0 Å². The van der Waals surface area contributed by atoms with Crippen LogP contribution in [-0.4, -0.2) is 15.9 Å². The number of nitrogens with two attached hydrogens (primary N) is 1. The van der Waals surface area contributed by atoms with Gasteiger partial charge in [0.25, 0.3) is 0 Å². The molecule has 0 saturated heterocycles. The molecule has 0 unspecified atom stereocenters. The highest BCUT2D eigenvalue weighted by molar-refractivity contribution is 5.76. The van der Waals surface area contributed by atoms with Crippen LogP contribution < -0.4 is 5.73 Å². The van der Waals surface area contributed by atoms with Crippen molar-refractivity contribution in [3.05, 3.63) is 48.3 Å². The SMILES string of the molecule is NC(=O)Cc1cnc(-c2ccccc2)nc1. The van der Waals surface area contributed by atoms with E-state index in [-0.39, 0.29) is 12.3 Å². The molecule has 1 amide bonds. The van der Waals surface area contributed by atoms with Crippen molar-refractivity contribution >= 4 is 5.91 Å². The van der Waals surface area contributed by atoms with E-state index in [0.717, 1.165) is 11.1 Å². The lowest BCUT2D eigenvalue weighted by molar-refractivity contribution is -0.117. The van der Waals surface area contributed by atoms with Gasteiger partial charge in [-0.25, -0.2) is 9.97 Å². The molecular formula is C12H11N3O. The first-order chi connectivity index (χ1) is 7.75. The van der Waals surface area contributed by atoms with Gasteiger partial charge < -0.3 is 5.73 Å². The standard InChI is InChI=1S/C12H11N3O/c13-11(16)6-9-7-14-12(15-8-9)10-4-2-1-3-5-10/h1-5,7-8H,6H2,(H2,13,16). The predicted molar refractivity (Wildman–Crippen MR) is 60.4 cm³/mol. The van der Waals surface area contributed by atoms with E-state index in [9.17, 15) is 4.79 Å². The lowest BCUT2D eigenvalue weighted by Crippen LogP contribution is -2.14. The number of hydrogen-bond donors (Lipinski definition) is 1. The third kappa shape index (κ3) is 2.42. The van der Waals surface area contributed by atoms with Gasteiger partial charge in [0.15, 0.2) is 5.82 Å². The van der Waals surface area contributed by atoms with Gasteiger partial charge >= 0.3 is 0 Å². The Kier molecular flexibility index (Phi) is 2.91.